The fourth-order valence-corrected chi connectivity index (χ4v) is 8.30. The zero-order chi connectivity index (χ0) is 28.1. The molecule has 4 atom stereocenters. The summed E-state index contributed by atoms with van der Waals surface area (Å²) in [6.45, 7) is 3.28. The van der Waals surface area contributed by atoms with E-state index in [0.29, 0.717) is 13.2 Å². The summed E-state index contributed by atoms with van der Waals surface area (Å²) < 4.78 is 26.8. The number of ether oxygens (including phenoxy) is 4. The van der Waals surface area contributed by atoms with Crippen molar-refractivity contribution in [1.82, 2.24) is 4.90 Å². The minimum atomic E-state index is -0.413. The number of methoxy groups -OCH3 is 1. The standard InChI is InChI=1S/C37H39NO4/c1-39-31-18-19-37(41-22-8-13-26-9-4-2-5-10-26)32-23-29-16-17-30(40-25-28-11-6-3-7-12-28)34-33(29)36(37,35(31)42-34)20-21-38(32)24-27-14-15-27/h2-13,16-18,27,32,35H,14-15,19-25H2,1H3/t32-,35+,36+,37-/m1/s1. The Kier molecular flexibility index (Phi) is 6.42. The Hall–Kier alpha value is -3.54. The van der Waals surface area contributed by atoms with Gasteiger partial charge in [0.05, 0.1) is 19.1 Å². The summed E-state index contributed by atoms with van der Waals surface area (Å²) in [4.78, 5) is 2.76. The third-order valence-electron chi connectivity index (χ3n) is 10.4. The molecule has 0 radical (unpaired) electrons. The summed E-state index contributed by atoms with van der Waals surface area (Å²) in [7, 11) is 1.78. The second-order valence-corrected chi connectivity index (χ2v) is 12.6. The largest absolute Gasteiger partial charge is 0.497 e. The number of likely N-dealkylation sites (tertiary alicyclic amines) is 1. The van der Waals surface area contributed by atoms with Crippen molar-refractivity contribution in [3.63, 3.8) is 0 Å². The number of rotatable bonds is 10. The third-order valence-corrected chi connectivity index (χ3v) is 10.4. The average Bonchev–Trinajstić information content (AvgIpc) is 3.78. The van der Waals surface area contributed by atoms with Crippen molar-refractivity contribution in [1.29, 1.82) is 0 Å². The molecule has 2 heterocycles. The molecule has 42 heavy (non-hydrogen) atoms. The van der Waals surface area contributed by atoms with E-state index in [4.69, 9.17) is 18.9 Å². The third kappa shape index (κ3) is 4.05. The summed E-state index contributed by atoms with van der Waals surface area (Å²) in [6.07, 6.45) is 11.8. The lowest BCUT2D eigenvalue weighted by Crippen LogP contribution is -2.76. The number of nitrogens with zero attached hydrogens (tertiary/aromatic N) is 1. The molecule has 3 aliphatic carbocycles. The maximum absolute atomic E-state index is 7.26. The molecule has 5 nitrogen and oxygen atoms in total. The van der Waals surface area contributed by atoms with Crippen LogP contribution in [0.15, 0.2) is 90.7 Å². The van der Waals surface area contributed by atoms with Gasteiger partial charge >= 0.3 is 0 Å². The van der Waals surface area contributed by atoms with Crippen LogP contribution in [0.2, 0.25) is 0 Å². The van der Waals surface area contributed by atoms with Crippen molar-refractivity contribution in [2.45, 2.75) is 61.9 Å². The average molecular weight is 562 g/mol. The van der Waals surface area contributed by atoms with Crippen LogP contribution in [0.4, 0.5) is 0 Å². The summed E-state index contributed by atoms with van der Waals surface area (Å²) >= 11 is 0. The minimum absolute atomic E-state index is 0.226. The van der Waals surface area contributed by atoms with Crippen LogP contribution in [0.5, 0.6) is 11.5 Å². The van der Waals surface area contributed by atoms with Crippen LogP contribution in [-0.2, 0) is 27.9 Å². The predicted molar refractivity (Wildman–Crippen MR) is 164 cm³/mol. The van der Waals surface area contributed by atoms with Crippen LogP contribution < -0.4 is 9.47 Å². The number of hydrogen-bond donors (Lipinski definition) is 0. The first-order chi connectivity index (χ1) is 20.7. The van der Waals surface area contributed by atoms with Crippen molar-refractivity contribution in [3.05, 3.63) is 113 Å². The highest BCUT2D eigenvalue weighted by Gasteiger charge is 2.73. The van der Waals surface area contributed by atoms with Crippen molar-refractivity contribution in [3.8, 4) is 11.5 Å². The SMILES string of the molecule is COC1=CC[C@@]2(OCC=Cc3ccccc3)[C@H]3Cc4ccc(OCc5ccccc5)c5c4[C@@]2(CCN3CC2CC2)[C@H]1O5. The van der Waals surface area contributed by atoms with Crippen molar-refractivity contribution in [2.75, 3.05) is 26.8 Å². The number of piperidine rings is 1. The minimum Gasteiger partial charge on any atom is -0.497 e. The van der Waals surface area contributed by atoms with Gasteiger partial charge in [0.1, 0.15) is 18.0 Å². The van der Waals surface area contributed by atoms with Gasteiger partial charge < -0.3 is 18.9 Å². The molecule has 0 unspecified atom stereocenters. The monoisotopic (exact) mass is 561 g/mol. The summed E-state index contributed by atoms with van der Waals surface area (Å²) in [5.41, 5.74) is 4.27. The fourth-order valence-electron chi connectivity index (χ4n) is 8.30. The van der Waals surface area contributed by atoms with Crippen molar-refractivity contribution < 1.29 is 18.9 Å². The second kappa shape index (κ2) is 10.3. The Morgan fingerprint density at radius 3 is 2.60 bits per heavy atom. The van der Waals surface area contributed by atoms with E-state index < -0.39 is 5.60 Å². The van der Waals surface area contributed by atoms with Crippen LogP contribution in [-0.4, -0.2) is 49.5 Å². The van der Waals surface area contributed by atoms with Gasteiger partial charge in [0, 0.05) is 24.6 Å². The highest BCUT2D eigenvalue weighted by molar-refractivity contribution is 5.64. The maximum atomic E-state index is 7.26. The Morgan fingerprint density at radius 1 is 1.00 bits per heavy atom. The molecule has 1 saturated heterocycles. The zero-order valence-corrected chi connectivity index (χ0v) is 24.3. The van der Waals surface area contributed by atoms with Crippen LogP contribution in [0, 0.1) is 5.92 Å². The molecule has 2 bridgehead atoms. The van der Waals surface area contributed by atoms with E-state index in [1.54, 1.807) is 7.11 Å². The second-order valence-electron chi connectivity index (χ2n) is 12.6. The van der Waals surface area contributed by atoms with Gasteiger partial charge in [0.25, 0.3) is 0 Å². The molecule has 3 aromatic carbocycles. The van der Waals surface area contributed by atoms with Crippen LogP contribution >= 0.6 is 0 Å². The number of benzene rings is 3. The van der Waals surface area contributed by atoms with E-state index >= 15 is 0 Å². The van der Waals surface area contributed by atoms with E-state index in [-0.39, 0.29) is 17.6 Å². The highest BCUT2D eigenvalue weighted by atomic mass is 16.6. The van der Waals surface area contributed by atoms with Crippen LogP contribution in [0.1, 0.15) is 47.9 Å². The molecule has 1 saturated carbocycles. The van der Waals surface area contributed by atoms with E-state index in [1.165, 1.54) is 36.1 Å². The number of hydrogen-bond acceptors (Lipinski definition) is 5. The van der Waals surface area contributed by atoms with Gasteiger partial charge in [0.15, 0.2) is 17.6 Å². The summed E-state index contributed by atoms with van der Waals surface area (Å²) in [5, 5.41) is 0. The molecule has 1 spiro atoms. The molecular weight excluding hydrogens is 522 g/mol. The van der Waals surface area contributed by atoms with Gasteiger partial charge in [-0.2, -0.15) is 0 Å². The molecule has 3 aromatic rings. The molecule has 5 heteroatoms. The Balaban J connectivity index is 1.21. The van der Waals surface area contributed by atoms with Gasteiger partial charge in [-0.25, -0.2) is 0 Å². The lowest BCUT2D eigenvalue weighted by atomic mass is 9.50. The zero-order valence-electron chi connectivity index (χ0n) is 24.3. The Bertz CT molecular complexity index is 1510. The first-order valence-electron chi connectivity index (χ1n) is 15.6. The molecule has 216 valence electrons. The van der Waals surface area contributed by atoms with Gasteiger partial charge in [-0.05, 0) is 67.0 Å². The molecule has 8 rings (SSSR count). The smallest absolute Gasteiger partial charge is 0.168 e. The summed E-state index contributed by atoms with van der Waals surface area (Å²) in [5.74, 6) is 3.44. The molecular formula is C37H39NO4. The predicted octanol–water partition coefficient (Wildman–Crippen LogP) is 6.71. The van der Waals surface area contributed by atoms with Gasteiger partial charge in [-0.15, -0.1) is 0 Å². The quantitative estimate of drug-likeness (QED) is 0.275. The molecule has 2 fully saturated rings. The Morgan fingerprint density at radius 2 is 1.81 bits per heavy atom. The first-order valence-corrected chi connectivity index (χ1v) is 15.6. The molecule has 0 aromatic heterocycles. The van der Waals surface area contributed by atoms with E-state index in [0.717, 1.165) is 54.5 Å². The van der Waals surface area contributed by atoms with Gasteiger partial charge in [-0.3, -0.25) is 4.90 Å². The fraction of sp³-hybridized carbons (Fsp3) is 0.405. The molecule has 2 aliphatic heterocycles. The summed E-state index contributed by atoms with van der Waals surface area (Å²) in [6, 6.07) is 25.5. The Labute approximate surface area is 248 Å². The highest BCUT2D eigenvalue weighted by Crippen LogP contribution is 2.67. The molecule has 0 N–H and O–H groups in total. The maximum Gasteiger partial charge on any atom is 0.168 e. The van der Waals surface area contributed by atoms with Crippen molar-refractivity contribution in [2.24, 2.45) is 5.92 Å². The topological polar surface area (TPSA) is 40.2 Å². The van der Waals surface area contributed by atoms with Crippen LogP contribution in [0.25, 0.3) is 6.08 Å². The molecule has 5 aliphatic rings. The van der Waals surface area contributed by atoms with E-state index in [2.05, 4.69) is 89.9 Å². The van der Waals surface area contributed by atoms with E-state index in [1.807, 2.05) is 6.07 Å². The lowest BCUT2D eigenvalue weighted by molar-refractivity contribution is -0.196. The van der Waals surface area contributed by atoms with E-state index in [9.17, 15) is 0 Å². The van der Waals surface area contributed by atoms with Gasteiger partial charge in [-0.1, -0.05) is 78.9 Å². The first kappa shape index (κ1) is 26.1. The normalized spacial score (nSPS) is 29.1. The van der Waals surface area contributed by atoms with Crippen molar-refractivity contribution >= 4 is 6.08 Å². The van der Waals surface area contributed by atoms with Gasteiger partial charge in [0.2, 0.25) is 0 Å². The lowest BCUT2D eigenvalue weighted by Gasteiger charge is -2.64. The van der Waals surface area contributed by atoms with Crippen LogP contribution in [0.3, 0.4) is 0 Å². The molecule has 0 amide bonds.